The fourth-order valence-electron chi connectivity index (χ4n) is 3.52. The van der Waals surface area contributed by atoms with Gasteiger partial charge >= 0.3 is 0 Å². The van der Waals surface area contributed by atoms with Crippen LogP contribution in [0, 0.1) is 13.8 Å². The average Bonchev–Trinajstić information content (AvgIpc) is 2.95. The Morgan fingerprint density at radius 3 is 2.27 bits per heavy atom. The van der Waals surface area contributed by atoms with E-state index in [1.165, 1.54) is 10.5 Å². The van der Waals surface area contributed by atoms with Gasteiger partial charge in [0.25, 0.3) is 11.8 Å². The van der Waals surface area contributed by atoms with Crippen LogP contribution in [0.1, 0.15) is 48.4 Å². The summed E-state index contributed by atoms with van der Waals surface area (Å²) in [5.74, 6) is -0.131. The number of aryl methyl sites for hydroxylation is 2. The highest BCUT2D eigenvalue weighted by molar-refractivity contribution is 6.36. The average molecular weight is 407 g/mol. The first-order chi connectivity index (χ1) is 14.3. The fourth-order valence-corrected chi connectivity index (χ4v) is 3.52. The van der Waals surface area contributed by atoms with Gasteiger partial charge in [-0.15, -0.1) is 0 Å². The number of methoxy groups -OCH3 is 1. The summed E-state index contributed by atoms with van der Waals surface area (Å²) in [7, 11) is 1.61. The molecule has 0 bridgehead atoms. The minimum atomic E-state index is -0.294. The van der Waals surface area contributed by atoms with Gasteiger partial charge in [0.15, 0.2) is 0 Å². The molecule has 5 heteroatoms. The molecule has 158 valence electrons. The Labute approximate surface area is 178 Å². The minimum absolute atomic E-state index is 0.263. The normalized spacial score (nSPS) is 14.3. The molecule has 1 N–H and O–H groups in total. The van der Waals surface area contributed by atoms with Crippen LogP contribution in [0.5, 0.6) is 0 Å². The Balaban J connectivity index is 1.99. The minimum Gasteiger partial charge on any atom is -0.385 e. The highest BCUT2D eigenvalue weighted by atomic mass is 16.5. The van der Waals surface area contributed by atoms with Gasteiger partial charge in [-0.05, 0) is 60.6 Å². The van der Waals surface area contributed by atoms with Crippen LogP contribution in [-0.4, -0.2) is 37.0 Å². The third kappa shape index (κ3) is 4.46. The summed E-state index contributed by atoms with van der Waals surface area (Å²) in [4.78, 5) is 27.7. The third-order valence-corrected chi connectivity index (χ3v) is 5.54. The highest BCUT2D eigenvalue weighted by Gasteiger charge is 2.38. The molecule has 0 aromatic heterocycles. The van der Waals surface area contributed by atoms with Gasteiger partial charge in [-0.3, -0.25) is 14.5 Å². The van der Waals surface area contributed by atoms with Crippen molar-refractivity contribution in [2.45, 2.75) is 40.0 Å². The predicted molar refractivity (Wildman–Crippen MR) is 120 cm³/mol. The van der Waals surface area contributed by atoms with Gasteiger partial charge < -0.3 is 10.1 Å². The summed E-state index contributed by atoms with van der Waals surface area (Å²) in [6.45, 7) is 9.14. The molecule has 0 spiro atoms. The number of benzene rings is 2. The molecule has 1 aliphatic heterocycles. The van der Waals surface area contributed by atoms with Crippen molar-refractivity contribution in [2.75, 3.05) is 25.6 Å². The zero-order valence-corrected chi connectivity index (χ0v) is 18.4. The number of nitrogens with zero attached hydrogens (tertiary/aromatic N) is 1. The SMILES string of the molecule is COCCCN1C(=O)C(Nc2ccc(C(C)C)cc2)=C(c2ccc(C)c(C)c2)C1=O. The molecular weight excluding hydrogens is 376 g/mol. The van der Waals surface area contributed by atoms with Crippen LogP contribution in [0.25, 0.3) is 5.57 Å². The number of nitrogens with one attached hydrogen (secondary N) is 1. The van der Waals surface area contributed by atoms with E-state index in [9.17, 15) is 9.59 Å². The number of anilines is 1. The molecule has 0 fully saturated rings. The topological polar surface area (TPSA) is 58.6 Å². The molecule has 2 amide bonds. The van der Waals surface area contributed by atoms with Crippen LogP contribution >= 0.6 is 0 Å². The molecule has 0 saturated carbocycles. The van der Waals surface area contributed by atoms with Crippen molar-refractivity contribution in [3.63, 3.8) is 0 Å². The molecule has 1 aliphatic rings. The molecule has 3 rings (SSSR count). The monoisotopic (exact) mass is 406 g/mol. The third-order valence-electron chi connectivity index (χ3n) is 5.54. The molecule has 0 saturated heterocycles. The van der Waals surface area contributed by atoms with Crippen LogP contribution in [0.15, 0.2) is 48.2 Å². The van der Waals surface area contributed by atoms with E-state index < -0.39 is 0 Å². The molecule has 0 aliphatic carbocycles. The van der Waals surface area contributed by atoms with Gasteiger partial charge in [-0.1, -0.05) is 44.2 Å². The largest absolute Gasteiger partial charge is 0.385 e. The molecule has 2 aromatic carbocycles. The van der Waals surface area contributed by atoms with Crippen LogP contribution < -0.4 is 5.32 Å². The van der Waals surface area contributed by atoms with Gasteiger partial charge in [-0.25, -0.2) is 0 Å². The Bertz CT molecular complexity index is 974. The molecule has 1 heterocycles. The maximum atomic E-state index is 13.2. The van der Waals surface area contributed by atoms with Crippen molar-refractivity contribution in [1.82, 2.24) is 4.90 Å². The predicted octanol–water partition coefficient (Wildman–Crippen LogP) is 4.66. The Hall–Kier alpha value is -2.92. The van der Waals surface area contributed by atoms with Crippen molar-refractivity contribution in [1.29, 1.82) is 0 Å². The number of rotatable bonds is 8. The Morgan fingerprint density at radius 2 is 1.67 bits per heavy atom. The number of imide groups is 1. The molecule has 30 heavy (non-hydrogen) atoms. The number of carbonyl (C=O) groups is 2. The zero-order valence-electron chi connectivity index (χ0n) is 18.4. The molecule has 0 unspecified atom stereocenters. The number of hydrogen-bond donors (Lipinski definition) is 1. The molecule has 5 nitrogen and oxygen atoms in total. The molecule has 0 atom stereocenters. The van der Waals surface area contributed by atoms with E-state index >= 15 is 0 Å². The van der Waals surface area contributed by atoms with Gasteiger partial charge in [0.1, 0.15) is 5.70 Å². The lowest BCUT2D eigenvalue weighted by Crippen LogP contribution is -2.33. The van der Waals surface area contributed by atoms with E-state index in [0.29, 0.717) is 36.8 Å². The van der Waals surface area contributed by atoms with E-state index in [2.05, 4.69) is 19.2 Å². The summed E-state index contributed by atoms with van der Waals surface area (Å²) < 4.78 is 5.09. The van der Waals surface area contributed by atoms with E-state index in [1.807, 2.05) is 56.3 Å². The van der Waals surface area contributed by atoms with E-state index in [0.717, 1.165) is 22.4 Å². The van der Waals surface area contributed by atoms with Crippen molar-refractivity contribution in [2.24, 2.45) is 0 Å². The lowest BCUT2D eigenvalue weighted by atomic mass is 9.99. The Morgan fingerprint density at radius 1 is 0.967 bits per heavy atom. The summed E-state index contributed by atoms with van der Waals surface area (Å²) in [5.41, 5.74) is 5.75. The molecule has 0 radical (unpaired) electrons. The van der Waals surface area contributed by atoms with E-state index in [1.54, 1.807) is 7.11 Å². The van der Waals surface area contributed by atoms with Crippen LogP contribution in [0.2, 0.25) is 0 Å². The summed E-state index contributed by atoms with van der Waals surface area (Å²) >= 11 is 0. The van der Waals surface area contributed by atoms with Gasteiger partial charge in [-0.2, -0.15) is 0 Å². The summed E-state index contributed by atoms with van der Waals surface area (Å²) in [5, 5.41) is 3.23. The maximum Gasteiger partial charge on any atom is 0.278 e. The first-order valence-electron chi connectivity index (χ1n) is 10.4. The number of carbonyl (C=O) groups excluding carboxylic acids is 2. The quantitative estimate of drug-likeness (QED) is 0.512. The van der Waals surface area contributed by atoms with Crippen molar-refractivity contribution in [3.8, 4) is 0 Å². The van der Waals surface area contributed by atoms with E-state index in [4.69, 9.17) is 4.74 Å². The number of ether oxygens (including phenoxy) is 1. The zero-order chi connectivity index (χ0) is 21.8. The first-order valence-corrected chi connectivity index (χ1v) is 10.4. The smallest absolute Gasteiger partial charge is 0.278 e. The van der Waals surface area contributed by atoms with Crippen molar-refractivity contribution in [3.05, 3.63) is 70.4 Å². The summed E-state index contributed by atoms with van der Waals surface area (Å²) in [6, 6.07) is 13.8. The van der Waals surface area contributed by atoms with Crippen LogP contribution in [0.4, 0.5) is 5.69 Å². The standard InChI is InChI=1S/C25H30N2O3/c1-16(2)19-9-11-21(12-10-19)26-23-22(20-8-7-17(3)18(4)15-20)24(28)27(25(23)29)13-6-14-30-5/h7-12,15-16,26H,6,13-14H2,1-5H3. The lowest BCUT2D eigenvalue weighted by Gasteiger charge is -2.15. The highest BCUT2D eigenvalue weighted by Crippen LogP contribution is 2.32. The second-order valence-electron chi connectivity index (χ2n) is 8.06. The van der Waals surface area contributed by atoms with Crippen LogP contribution in [0.3, 0.4) is 0 Å². The Kier molecular flexibility index (Phi) is 6.73. The van der Waals surface area contributed by atoms with Crippen molar-refractivity contribution >= 4 is 23.1 Å². The number of hydrogen-bond acceptors (Lipinski definition) is 4. The van der Waals surface area contributed by atoms with Gasteiger partial charge in [0.2, 0.25) is 0 Å². The molecular formula is C25H30N2O3. The molecule has 2 aromatic rings. The second kappa shape index (κ2) is 9.26. The summed E-state index contributed by atoms with van der Waals surface area (Å²) in [6.07, 6.45) is 0.602. The fraction of sp³-hybridized carbons (Fsp3) is 0.360. The van der Waals surface area contributed by atoms with Gasteiger partial charge in [0.05, 0.1) is 5.57 Å². The van der Waals surface area contributed by atoms with Gasteiger partial charge in [0, 0.05) is 25.9 Å². The lowest BCUT2D eigenvalue weighted by molar-refractivity contribution is -0.136. The van der Waals surface area contributed by atoms with Crippen LogP contribution in [-0.2, 0) is 14.3 Å². The first kappa shape index (κ1) is 21.8. The number of amides is 2. The maximum absolute atomic E-state index is 13.2. The van der Waals surface area contributed by atoms with E-state index in [-0.39, 0.29) is 11.8 Å². The second-order valence-corrected chi connectivity index (χ2v) is 8.06. The van der Waals surface area contributed by atoms with Crippen molar-refractivity contribution < 1.29 is 14.3 Å².